The molecule has 1 saturated heterocycles. The molecule has 0 bridgehead atoms. The quantitative estimate of drug-likeness (QED) is 0.863. The molecule has 1 aliphatic rings. The lowest BCUT2D eigenvalue weighted by molar-refractivity contribution is 0.0560. The van der Waals surface area contributed by atoms with Gasteiger partial charge in [0.05, 0.1) is 0 Å². The van der Waals surface area contributed by atoms with Gasteiger partial charge in [-0.1, -0.05) is 6.07 Å². The molecular formula is C14H21N3O. The molecule has 2 rings (SSSR count). The van der Waals surface area contributed by atoms with Gasteiger partial charge in [-0.25, -0.2) is 4.98 Å². The molecule has 2 unspecified atom stereocenters. The lowest BCUT2D eigenvalue weighted by Gasteiger charge is -2.37. The molecule has 4 heteroatoms. The fourth-order valence-corrected chi connectivity index (χ4v) is 2.47. The van der Waals surface area contributed by atoms with Gasteiger partial charge in [-0.3, -0.25) is 4.79 Å². The predicted molar refractivity (Wildman–Crippen MR) is 71.3 cm³/mol. The summed E-state index contributed by atoms with van der Waals surface area (Å²) in [6.07, 6.45) is 2.14. The zero-order valence-electron chi connectivity index (χ0n) is 11.1. The average molecular weight is 247 g/mol. The second kappa shape index (κ2) is 5.48. The fraction of sp³-hybridized carbons (Fsp3) is 0.571. The van der Waals surface area contributed by atoms with Crippen molar-refractivity contribution in [3.8, 4) is 0 Å². The number of pyridine rings is 1. The number of aryl methyl sites for hydroxylation is 1. The number of hydrogen-bond acceptors (Lipinski definition) is 3. The summed E-state index contributed by atoms with van der Waals surface area (Å²) in [5, 5.41) is 0. The van der Waals surface area contributed by atoms with Crippen LogP contribution in [0.25, 0.3) is 0 Å². The van der Waals surface area contributed by atoms with Crippen LogP contribution in [-0.4, -0.2) is 34.9 Å². The van der Waals surface area contributed by atoms with E-state index in [0.29, 0.717) is 18.2 Å². The van der Waals surface area contributed by atoms with Crippen LogP contribution < -0.4 is 5.73 Å². The van der Waals surface area contributed by atoms with E-state index in [1.807, 2.05) is 24.0 Å². The maximum atomic E-state index is 12.4. The smallest absolute Gasteiger partial charge is 0.272 e. The Bertz CT molecular complexity index is 433. The minimum Gasteiger partial charge on any atom is -0.334 e. The minimum atomic E-state index is 0.0318. The van der Waals surface area contributed by atoms with Crippen LogP contribution in [0.1, 0.15) is 35.9 Å². The molecule has 1 aromatic rings. The van der Waals surface area contributed by atoms with Crippen molar-refractivity contribution < 1.29 is 4.79 Å². The number of carbonyl (C=O) groups is 1. The van der Waals surface area contributed by atoms with E-state index in [0.717, 1.165) is 25.1 Å². The van der Waals surface area contributed by atoms with Gasteiger partial charge >= 0.3 is 0 Å². The number of hydrogen-bond donors (Lipinski definition) is 1. The molecule has 1 aliphatic heterocycles. The Morgan fingerprint density at radius 2 is 2.28 bits per heavy atom. The number of carbonyl (C=O) groups excluding carboxylic acids is 1. The normalized spacial score (nSPS) is 24.1. The summed E-state index contributed by atoms with van der Waals surface area (Å²) >= 11 is 0. The number of likely N-dealkylation sites (tertiary alicyclic amines) is 1. The van der Waals surface area contributed by atoms with Gasteiger partial charge in [0.25, 0.3) is 5.91 Å². The van der Waals surface area contributed by atoms with Crippen molar-refractivity contribution in [1.82, 2.24) is 9.88 Å². The second-order valence-corrected chi connectivity index (χ2v) is 5.15. The summed E-state index contributed by atoms with van der Waals surface area (Å²) in [6, 6.07) is 5.85. The first-order valence-corrected chi connectivity index (χ1v) is 6.56. The Labute approximate surface area is 108 Å². The van der Waals surface area contributed by atoms with E-state index < -0.39 is 0 Å². The Morgan fingerprint density at radius 1 is 1.50 bits per heavy atom. The van der Waals surface area contributed by atoms with Crippen molar-refractivity contribution in [3.63, 3.8) is 0 Å². The number of nitrogens with zero attached hydrogens (tertiary/aromatic N) is 2. The monoisotopic (exact) mass is 247 g/mol. The fourth-order valence-electron chi connectivity index (χ4n) is 2.47. The maximum Gasteiger partial charge on any atom is 0.272 e. The molecule has 0 saturated carbocycles. The lowest BCUT2D eigenvalue weighted by Crippen LogP contribution is -2.47. The highest BCUT2D eigenvalue weighted by molar-refractivity contribution is 5.92. The van der Waals surface area contributed by atoms with Gasteiger partial charge in [-0.05, 0) is 51.3 Å². The summed E-state index contributed by atoms with van der Waals surface area (Å²) in [6.45, 7) is 5.41. The highest BCUT2D eigenvalue weighted by Gasteiger charge is 2.29. The third kappa shape index (κ3) is 2.70. The minimum absolute atomic E-state index is 0.0318. The summed E-state index contributed by atoms with van der Waals surface area (Å²) in [4.78, 5) is 18.7. The molecule has 1 fully saturated rings. The number of rotatable bonds is 2. The van der Waals surface area contributed by atoms with Crippen LogP contribution in [0.4, 0.5) is 0 Å². The van der Waals surface area contributed by atoms with Crippen LogP contribution in [0.2, 0.25) is 0 Å². The highest BCUT2D eigenvalue weighted by Crippen LogP contribution is 2.22. The molecule has 0 aromatic carbocycles. The Morgan fingerprint density at radius 3 is 2.94 bits per heavy atom. The largest absolute Gasteiger partial charge is 0.334 e. The summed E-state index contributed by atoms with van der Waals surface area (Å²) < 4.78 is 0. The van der Waals surface area contributed by atoms with Crippen LogP contribution in [0.5, 0.6) is 0 Å². The molecule has 2 N–H and O–H groups in total. The summed E-state index contributed by atoms with van der Waals surface area (Å²) in [5.74, 6) is 0.458. The van der Waals surface area contributed by atoms with Crippen LogP contribution in [0, 0.1) is 12.8 Å². The standard InChI is InChI=1S/C14H21N3O/c1-10-4-3-5-13(16-10)14(18)17-9-12(8-15)7-6-11(17)2/h3-5,11-12H,6-9,15H2,1-2H3. The van der Waals surface area contributed by atoms with Crippen LogP contribution in [-0.2, 0) is 0 Å². The summed E-state index contributed by atoms with van der Waals surface area (Å²) in [5.41, 5.74) is 7.14. The molecule has 2 atom stereocenters. The first kappa shape index (κ1) is 13.0. The van der Waals surface area contributed by atoms with E-state index in [1.54, 1.807) is 6.07 Å². The number of amides is 1. The SMILES string of the molecule is Cc1cccc(C(=O)N2CC(CN)CCC2C)n1. The molecule has 98 valence electrons. The topological polar surface area (TPSA) is 59.2 Å². The molecule has 1 aromatic heterocycles. The van der Waals surface area contributed by atoms with Gasteiger partial charge in [0.15, 0.2) is 0 Å². The average Bonchev–Trinajstić information content (AvgIpc) is 2.38. The van der Waals surface area contributed by atoms with E-state index in [9.17, 15) is 4.79 Å². The maximum absolute atomic E-state index is 12.4. The van der Waals surface area contributed by atoms with E-state index in [-0.39, 0.29) is 11.9 Å². The zero-order chi connectivity index (χ0) is 13.1. The van der Waals surface area contributed by atoms with Crippen LogP contribution in [0.15, 0.2) is 18.2 Å². The molecule has 4 nitrogen and oxygen atoms in total. The van der Waals surface area contributed by atoms with Crippen molar-refractivity contribution in [2.24, 2.45) is 11.7 Å². The molecule has 0 aliphatic carbocycles. The van der Waals surface area contributed by atoms with Crippen molar-refractivity contribution in [2.45, 2.75) is 32.7 Å². The third-order valence-corrected chi connectivity index (χ3v) is 3.68. The Kier molecular flexibility index (Phi) is 3.97. The van der Waals surface area contributed by atoms with Crippen molar-refractivity contribution in [1.29, 1.82) is 0 Å². The summed E-state index contributed by atoms with van der Waals surface area (Å²) in [7, 11) is 0. The van der Waals surface area contributed by atoms with Gasteiger partial charge in [-0.15, -0.1) is 0 Å². The van der Waals surface area contributed by atoms with E-state index in [4.69, 9.17) is 5.73 Å². The molecule has 0 spiro atoms. The third-order valence-electron chi connectivity index (χ3n) is 3.68. The van der Waals surface area contributed by atoms with E-state index >= 15 is 0 Å². The van der Waals surface area contributed by atoms with Gasteiger partial charge in [0.2, 0.25) is 0 Å². The van der Waals surface area contributed by atoms with E-state index in [1.165, 1.54) is 0 Å². The Balaban J connectivity index is 2.16. The van der Waals surface area contributed by atoms with Gasteiger partial charge in [0, 0.05) is 18.3 Å². The predicted octanol–water partition coefficient (Wildman–Crippen LogP) is 1.59. The molecule has 0 radical (unpaired) electrons. The molecule has 1 amide bonds. The molecule has 18 heavy (non-hydrogen) atoms. The van der Waals surface area contributed by atoms with Gasteiger partial charge in [-0.2, -0.15) is 0 Å². The van der Waals surface area contributed by atoms with Crippen molar-refractivity contribution in [2.75, 3.05) is 13.1 Å². The highest BCUT2D eigenvalue weighted by atomic mass is 16.2. The second-order valence-electron chi connectivity index (χ2n) is 5.15. The zero-order valence-corrected chi connectivity index (χ0v) is 11.1. The first-order valence-electron chi connectivity index (χ1n) is 6.56. The van der Waals surface area contributed by atoms with Gasteiger partial charge < -0.3 is 10.6 Å². The number of aromatic nitrogens is 1. The Hall–Kier alpha value is -1.42. The van der Waals surface area contributed by atoms with Gasteiger partial charge in [0.1, 0.15) is 5.69 Å². The number of nitrogens with two attached hydrogens (primary N) is 1. The molecule has 2 heterocycles. The van der Waals surface area contributed by atoms with E-state index in [2.05, 4.69) is 11.9 Å². The lowest BCUT2D eigenvalue weighted by atomic mass is 9.93. The van der Waals surface area contributed by atoms with Crippen LogP contribution in [0.3, 0.4) is 0 Å². The van der Waals surface area contributed by atoms with Crippen LogP contribution >= 0.6 is 0 Å². The van der Waals surface area contributed by atoms with Crippen molar-refractivity contribution in [3.05, 3.63) is 29.6 Å². The van der Waals surface area contributed by atoms with Crippen molar-refractivity contribution >= 4 is 5.91 Å². The first-order chi connectivity index (χ1) is 8.61. The number of piperidine rings is 1. The molecular weight excluding hydrogens is 226 g/mol.